The molecule has 3 aromatic rings. The summed E-state index contributed by atoms with van der Waals surface area (Å²) in [6.45, 7) is 1.17. The van der Waals surface area contributed by atoms with E-state index in [1.54, 1.807) is 0 Å². The van der Waals surface area contributed by atoms with Gasteiger partial charge in [0.2, 0.25) is 5.82 Å². The molecular weight excluding hydrogens is 442 g/mol. The van der Waals surface area contributed by atoms with Crippen molar-refractivity contribution < 1.29 is 39.5 Å². The first-order valence-corrected chi connectivity index (χ1v) is 9.79. The Bertz CT molecular complexity index is 1250. The Labute approximate surface area is 165 Å². The lowest BCUT2D eigenvalue weighted by atomic mass is 10.2. The lowest BCUT2D eigenvalue weighted by Crippen LogP contribution is -2.34. The fourth-order valence-electron chi connectivity index (χ4n) is 2.75. The third-order valence-electron chi connectivity index (χ3n) is 4.29. The molecule has 0 aliphatic rings. The van der Waals surface area contributed by atoms with Crippen molar-refractivity contribution >= 4 is 21.0 Å². The van der Waals surface area contributed by atoms with Crippen molar-refractivity contribution in [2.75, 3.05) is 5.75 Å². The Morgan fingerprint density at radius 2 is 1.70 bits per heavy atom. The molecule has 162 valence electrons. The molecule has 0 N–H and O–H groups in total. The lowest BCUT2D eigenvalue weighted by molar-refractivity contribution is -0.597. The molecular formula is C16H12F6N4O3S. The number of aryl methyl sites for hydroxylation is 1. The largest absolute Gasteiger partial charge is 0.618 e. The van der Waals surface area contributed by atoms with Crippen LogP contribution in [0.2, 0.25) is 0 Å². The smallest absolute Gasteiger partial charge is 0.422 e. The van der Waals surface area contributed by atoms with Crippen LogP contribution < -0.4 is 4.73 Å². The molecule has 0 fully saturated rings. The van der Waals surface area contributed by atoms with Gasteiger partial charge >= 0.3 is 12.4 Å². The minimum Gasteiger partial charge on any atom is -0.618 e. The van der Waals surface area contributed by atoms with Crippen LogP contribution in [-0.2, 0) is 29.2 Å². The van der Waals surface area contributed by atoms with Crippen LogP contribution in [-0.4, -0.2) is 28.7 Å². The Morgan fingerprint density at radius 1 is 1.10 bits per heavy atom. The number of fused-ring (bicyclic) bond motifs is 1. The normalized spacial score (nSPS) is 13.2. The van der Waals surface area contributed by atoms with Gasteiger partial charge in [-0.05, 0) is 12.1 Å². The average Bonchev–Trinajstić information content (AvgIpc) is 2.95. The van der Waals surface area contributed by atoms with Crippen LogP contribution in [0.5, 0.6) is 0 Å². The summed E-state index contributed by atoms with van der Waals surface area (Å²) in [7, 11) is -3.10. The molecule has 14 heteroatoms. The van der Waals surface area contributed by atoms with Crippen molar-refractivity contribution in [1.29, 1.82) is 0 Å². The van der Waals surface area contributed by atoms with E-state index in [1.807, 2.05) is 0 Å². The van der Waals surface area contributed by atoms with E-state index in [0.717, 1.165) is 4.57 Å². The number of imidazole rings is 1. The van der Waals surface area contributed by atoms with Crippen molar-refractivity contribution in [3.63, 3.8) is 0 Å². The van der Waals surface area contributed by atoms with Gasteiger partial charge in [-0.25, -0.2) is 18.4 Å². The first kappa shape index (κ1) is 21.8. The first-order chi connectivity index (χ1) is 13.7. The molecule has 0 aromatic carbocycles. The minimum absolute atomic E-state index is 0.127. The zero-order chi connectivity index (χ0) is 22.6. The molecule has 0 saturated carbocycles. The van der Waals surface area contributed by atoms with E-state index in [2.05, 4.69) is 9.97 Å². The highest BCUT2D eigenvalue weighted by atomic mass is 32.2. The molecule has 0 unspecified atom stereocenters. The van der Waals surface area contributed by atoms with Crippen LogP contribution in [0, 0.1) is 5.21 Å². The van der Waals surface area contributed by atoms with Crippen molar-refractivity contribution in [1.82, 2.24) is 14.5 Å². The summed E-state index contributed by atoms with van der Waals surface area (Å²) in [4.78, 5) is 6.54. The third kappa shape index (κ3) is 3.66. The van der Waals surface area contributed by atoms with E-state index in [0.29, 0.717) is 18.3 Å². The maximum absolute atomic E-state index is 13.1. The van der Waals surface area contributed by atoms with Gasteiger partial charge in [-0.1, -0.05) is 6.92 Å². The maximum Gasteiger partial charge on any atom is 0.422 e. The highest BCUT2D eigenvalue weighted by molar-refractivity contribution is 7.91. The molecule has 7 nitrogen and oxygen atoms in total. The van der Waals surface area contributed by atoms with E-state index < -0.39 is 55.5 Å². The van der Waals surface area contributed by atoms with Crippen molar-refractivity contribution in [2.45, 2.75) is 24.2 Å². The van der Waals surface area contributed by atoms with Crippen LogP contribution in [0.4, 0.5) is 26.3 Å². The summed E-state index contributed by atoms with van der Waals surface area (Å²) in [5, 5.41) is 12.4. The number of pyridine rings is 2. The molecule has 0 aliphatic carbocycles. The average molecular weight is 454 g/mol. The van der Waals surface area contributed by atoms with E-state index in [4.69, 9.17) is 0 Å². The molecule has 0 spiro atoms. The van der Waals surface area contributed by atoms with Gasteiger partial charge in [-0.15, -0.1) is 0 Å². The number of aromatic nitrogens is 4. The molecule has 0 radical (unpaired) electrons. The van der Waals surface area contributed by atoms with Crippen molar-refractivity contribution in [3.05, 3.63) is 40.9 Å². The fraction of sp³-hybridized carbons (Fsp3) is 0.312. The van der Waals surface area contributed by atoms with Gasteiger partial charge in [0.1, 0.15) is 16.0 Å². The zero-order valence-electron chi connectivity index (χ0n) is 15.2. The predicted molar refractivity (Wildman–Crippen MR) is 90.6 cm³/mol. The molecule has 3 heterocycles. The Kier molecular flexibility index (Phi) is 4.96. The van der Waals surface area contributed by atoms with Crippen LogP contribution >= 0.6 is 0 Å². The molecule has 30 heavy (non-hydrogen) atoms. The van der Waals surface area contributed by atoms with Crippen LogP contribution in [0.3, 0.4) is 0 Å². The van der Waals surface area contributed by atoms with Gasteiger partial charge in [0, 0.05) is 13.2 Å². The number of rotatable bonds is 3. The molecule has 3 aromatic heterocycles. The number of hydrogen-bond donors (Lipinski definition) is 0. The van der Waals surface area contributed by atoms with E-state index in [-0.39, 0.29) is 22.1 Å². The summed E-state index contributed by atoms with van der Waals surface area (Å²) in [6.07, 6.45) is -9.08. The summed E-state index contributed by atoms with van der Waals surface area (Å²) in [5.41, 5.74) is -3.83. The minimum atomic E-state index is -5.00. The van der Waals surface area contributed by atoms with E-state index in [9.17, 15) is 40.0 Å². The van der Waals surface area contributed by atoms with Crippen LogP contribution in [0.1, 0.15) is 18.1 Å². The topological polar surface area (TPSA) is 91.8 Å². The highest BCUT2D eigenvalue weighted by Gasteiger charge is 2.39. The summed E-state index contributed by atoms with van der Waals surface area (Å²) >= 11 is 0. The van der Waals surface area contributed by atoms with Gasteiger partial charge in [0.15, 0.2) is 21.7 Å². The Hall–Kier alpha value is -2.90. The number of nitrogens with zero attached hydrogens (tertiary/aromatic N) is 4. The quantitative estimate of drug-likeness (QED) is 0.345. The number of alkyl halides is 6. The molecule has 0 bridgehead atoms. The van der Waals surface area contributed by atoms with Crippen molar-refractivity contribution in [2.24, 2.45) is 7.05 Å². The SMILES string of the molecule is CCS(=O)(=O)c1cc(C(F)(F)F)c[n+]([O-])c1-c1nc2cc(C(F)(F)F)cnc2n1C. The molecule has 0 amide bonds. The summed E-state index contributed by atoms with van der Waals surface area (Å²) in [6, 6.07) is 0.940. The number of halogens is 6. The van der Waals surface area contributed by atoms with Gasteiger partial charge in [0.05, 0.1) is 11.3 Å². The monoisotopic (exact) mass is 454 g/mol. The summed E-state index contributed by atoms with van der Waals surface area (Å²) in [5.74, 6) is -1.07. The van der Waals surface area contributed by atoms with Gasteiger partial charge in [0.25, 0.3) is 5.69 Å². The van der Waals surface area contributed by atoms with E-state index in [1.165, 1.54) is 14.0 Å². The van der Waals surface area contributed by atoms with E-state index >= 15 is 0 Å². The second-order valence-corrected chi connectivity index (χ2v) is 8.47. The fourth-order valence-corrected chi connectivity index (χ4v) is 3.84. The van der Waals surface area contributed by atoms with Crippen LogP contribution in [0.15, 0.2) is 29.4 Å². The summed E-state index contributed by atoms with van der Waals surface area (Å²) < 4.78 is 104. The Balaban J connectivity index is 2.37. The zero-order valence-corrected chi connectivity index (χ0v) is 16.0. The maximum atomic E-state index is 13.1. The number of hydrogen-bond acceptors (Lipinski definition) is 5. The van der Waals surface area contributed by atoms with Gasteiger partial charge in [-0.3, -0.25) is 0 Å². The molecule has 0 saturated heterocycles. The van der Waals surface area contributed by atoms with Crippen LogP contribution in [0.25, 0.3) is 22.7 Å². The molecule has 0 aliphatic heterocycles. The highest BCUT2D eigenvalue weighted by Crippen LogP contribution is 2.35. The predicted octanol–water partition coefficient (Wildman–Crippen LogP) is 3.10. The number of sulfone groups is 1. The standard InChI is InChI=1S/C16H12F6N4O3S/c1-3-30(28,29)11-5-9(16(20,21)22)7-26(27)12(11)14-24-10-4-8(15(17,18)19)6-23-13(10)25(14)2/h4-7H,3H2,1-2H3. The second-order valence-electron chi connectivity index (χ2n) is 6.23. The molecule has 3 rings (SSSR count). The third-order valence-corrected chi connectivity index (χ3v) is 6.03. The second kappa shape index (κ2) is 6.82. The van der Waals surface area contributed by atoms with Crippen molar-refractivity contribution in [3.8, 4) is 11.5 Å². The molecule has 0 atom stereocenters. The first-order valence-electron chi connectivity index (χ1n) is 8.14. The Morgan fingerprint density at radius 3 is 2.23 bits per heavy atom. The van der Waals surface area contributed by atoms with Gasteiger partial charge < -0.3 is 9.77 Å². The lowest BCUT2D eigenvalue weighted by Gasteiger charge is -2.13. The van der Waals surface area contributed by atoms with Gasteiger partial charge in [-0.2, -0.15) is 31.1 Å².